The van der Waals surface area contributed by atoms with Crippen LogP contribution in [0.1, 0.15) is 77.0 Å². The van der Waals surface area contributed by atoms with Crippen LogP contribution in [0.2, 0.25) is 0 Å². The van der Waals surface area contributed by atoms with Gasteiger partial charge in [-0.15, -0.1) is 0 Å². The first-order chi connectivity index (χ1) is 15.8. The Morgan fingerprint density at radius 2 is 1.00 bits per heavy atom. The molecule has 0 fully saturated rings. The molecule has 0 spiro atoms. The molecule has 0 aliphatic carbocycles. The molecule has 0 aromatic rings. The van der Waals surface area contributed by atoms with Gasteiger partial charge in [0.15, 0.2) is 0 Å². The Kier molecular flexibility index (Phi) is 10.8. The van der Waals surface area contributed by atoms with Gasteiger partial charge < -0.3 is 0 Å². The number of hydrogen-bond donors (Lipinski definition) is 0. The quantitative estimate of drug-likeness (QED) is 0.436. The molecule has 3 heterocycles. The van der Waals surface area contributed by atoms with E-state index in [0.717, 1.165) is 90.4 Å². The number of nitriles is 2. The van der Waals surface area contributed by atoms with Gasteiger partial charge in [0.2, 0.25) is 0 Å². The second kappa shape index (κ2) is 14.1. The third kappa shape index (κ3) is 7.47. The van der Waals surface area contributed by atoms with Gasteiger partial charge >= 0.3 is 0 Å². The second-order valence-corrected chi connectivity index (χ2v) is 9.28. The van der Waals surface area contributed by atoms with E-state index in [0.29, 0.717) is 0 Å². The normalized spacial score (nSPS) is 33.1. The third-order valence-corrected chi connectivity index (χ3v) is 6.99. The zero-order chi connectivity index (χ0) is 22.4. The van der Waals surface area contributed by atoms with Crippen molar-refractivity contribution in [3.63, 3.8) is 0 Å². The van der Waals surface area contributed by atoms with Crippen molar-refractivity contribution < 1.29 is 0 Å². The number of rotatable bonds is 0. The van der Waals surface area contributed by atoms with Crippen LogP contribution in [0.25, 0.3) is 0 Å². The maximum absolute atomic E-state index is 9.77. The molecule has 4 unspecified atom stereocenters. The van der Waals surface area contributed by atoms with Crippen molar-refractivity contribution in [3.05, 3.63) is 47.6 Å². The van der Waals surface area contributed by atoms with E-state index >= 15 is 0 Å². The molecule has 4 heteroatoms. The summed E-state index contributed by atoms with van der Waals surface area (Å²) in [6.07, 6.45) is 26.9. The fourth-order valence-electron chi connectivity index (χ4n) is 5.20. The molecule has 3 aliphatic rings. The molecule has 3 rings (SSSR count). The zero-order valence-electron chi connectivity index (χ0n) is 19.7. The summed E-state index contributed by atoms with van der Waals surface area (Å²) >= 11 is 0. The largest absolute Gasteiger partial charge is 0.284 e. The van der Waals surface area contributed by atoms with Crippen LogP contribution in [0.4, 0.5) is 0 Å². The standard InChI is InChI=1S/C28H40N4/c29-23-27-25-15-9-5-1-3-7-11-19-31-21-14-18-26(28(31)24-30)16-10-6-2-4-8-12-20-32(27)22-13-17-25/h1-2,5-6,17-18,27-28H,3-4,7-16,19-22H2/b5-1-,6-2-. The van der Waals surface area contributed by atoms with Crippen molar-refractivity contribution in [3.8, 4) is 12.1 Å². The lowest BCUT2D eigenvalue weighted by molar-refractivity contribution is 0.240. The van der Waals surface area contributed by atoms with E-state index in [1.807, 2.05) is 0 Å². The topological polar surface area (TPSA) is 54.1 Å². The average molecular weight is 433 g/mol. The van der Waals surface area contributed by atoms with E-state index in [2.05, 4.69) is 58.4 Å². The summed E-state index contributed by atoms with van der Waals surface area (Å²) < 4.78 is 0. The lowest BCUT2D eigenvalue weighted by Crippen LogP contribution is -2.39. The maximum atomic E-state index is 9.77. The van der Waals surface area contributed by atoms with Gasteiger partial charge in [-0.25, -0.2) is 0 Å². The monoisotopic (exact) mass is 432 g/mol. The van der Waals surface area contributed by atoms with Gasteiger partial charge in [-0.05, 0) is 101 Å². The van der Waals surface area contributed by atoms with Crippen molar-refractivity contribution >= 4 is 0 Å². The molecule has 4 atom stereocenters. The minimum absolute atomic E-state index is 0.0274. The molecule has 0 amide bonds. The molecule has 0 saturated carbocycles. The fraction of sp³-hybridized carbons (Fsp3) is 0.643. The molecule has 0 aromatic heterocycles. The lowest BCUT2D eigenvalue weighted by Gasteiger charge is -2.32. The Balaban J connectivity index is 1.58. The van der Waals surface area contributed by atoms with Gasteiger partial charge in [-0.2, -0.15) is 10.5 Å². The molecule has 32 heavy (non-hydrogen) atoms. The highest BCUT2D eigenvalue weighted by molar-refractivity contribution is 5.24. The molecule has 172 valence electrons. The van der Waals surface area contributed by atoms with E-state index in [1.165, 1.54) is 24.0 Å². The summed E-state index contributed by atoms with van der Waals surface area (Å²) in [7, 11) is 0. The van der Waals surface area contributed by atoms with Crippen LogP contribution in [-0.2, 0) is 0 Å². The molecule has 0 aromatic carbocycles. The van der Waals surface area contributed by atoms with Gasteiger partial charge in [0.1, 0.15) is 12.1 Å². The Morgan fingerprint density at radius 3 is 1.44 bits per heavy atom. The number of nitrogens with zero attached hydrogens (tertiary/aromatic N) is 4. The molecular weight excluding hydrogens is 392 g/mol. The van der Waals surface area contributed by atoms with Gasteiger partial charge in [-0.3, -0.25) is 9.80 Å². The maximum Gasteiger partial charge on any atom is 0.119 e. The van der Waals surface area contributed by atoms with Crippen molar-refractivity contribution in [2.75, 3.05) is 26.2 Å². The summed E-state index contributed by atoms with van der Waals surface area (Å²) in [5, 5.41) is 19.5. The highest BCUT2D eigenvalue weighted by Gasteiger charge is 2.25. The van der Waals surface area contributed by atoms with Crippen LogP contribution in [-0.4, -0.2) is 48.1 Å². The molecular formula is C28H40N4. The predicted octanol–water partition coefficient (Wildman–Crippen LogP) is 6.06. The van der Waals surface area contributed by atoms with E-state index in [4.69, 9.17) is 0 Å². The van der Waals surface area contributed by atoms with E-state index < -0.39 is 0 Å². The summed E-state index contributed by atoms with van der Waals surface area (Å²) in [5.74, 6) is 0. The Morgan fingerprint density at radius 1 is 0.562 bits per heavy atom. The fourth-order valence-corrected chi connectivity index (χ4v) is 5.20. The zero-order valence-corrected chi connectivity index (χ0v) is 19.7. The van der Waals surface area contributed by atoms with Crippen molar-refractivity contribution in [2.24, 2.45) is 0 Å². The van der Waals surface area contributed by atoms with Gasteiger partial charge in [0.25, 0.3) is 0 Å². The lowest BCUT2D eigenvalue weighted by atomic mass is 9.95. The Bertz CT molecular complexity index is 710. The van der Waals surface area contributed by atoms with Gasteiger partial charge in [0, 0.05) is 13.1 Å². The summed E-state index contributed by atoms with van der Waals surface area (Å²) in [6, 6.07) is 5.08. The summed E-state index contributed by atoms with van der Waals surface area (Å²) in [4.78, 5) is 4.77. The highest BCUT2D eigenvalue weighted by Crippen LogP contribution is 2.24. The van der Waals surface area contributed by atoms with E-state index in [9.17, 15) is 10.5 Å². The van der Waals surface area contributed by atoms with Gasteiger partial charge in [-0.1, -0.05) is 36.5 Å². The second-order valence-electron chi connectivity index (χ2n) is 9.28. The third-order valence-electron chi connectivity index (χ3n) is 6.99. The van der Waals surface area contributed by atoms with E-state index in [-0.39, 0.29) is 12.1 Å². The van der Waals surface area contributed by atoms with Crippen LogP contribution < -0.4 is 0 Å². The van der Waals surface area contributed by atoms with Gasteiger partial charge in [0.05, 0.1) is 12.1 Å². The van der Waals surface area contributed by atoms with Crippen LogP contribution in [0, 0.1) is 22.7 Å². The summed E-state index contributed by atoms with van der Waals surface area (Å²) in [6.45, 7) is 4.07. The van der Waals surface area contributed by atoms with Crippen LogP contribution in [0.15, 0.2) is 47.6 Å². The molecule has 3 aliphatic heterocycles. The highest BCUT2D eigenvalue weighted by atomic mass is 15.2. The summed E-state index contributed by atoms with van der Waals surface area (Å²) in [5.41, 5.74) is 2.64. The Labute approximate surface area is 195 Å². The minimum atomic E-state index is -0.0274. The molecule has 0 radical (unpaired) electrons. The minimum Gasteiger partial charge on any atom is -0.284 e. The SMILES string of the molecule is N#CC1C2=CCCN1CCCC/C=C\CCC1=CCCN(CCCC/C=C\CC2)C1C#N. The first-order valence-electron chi connectivity index (χ1n) is 12.8. The number of hydrogen-bond acceptors (Lipinski definition) is 4. The van der Waals surface area contributed by atoms with Crippen molar-refractivity contribution in [1.29, 1.82) is 10.5 Å². The predicted molar refractivity (Wildman–Crippen MR) is 132 cm³/mol. The van der Waals surface area contributed by atoms with Crippen LogP contribution in [0.5, 0.6) is 0 Å². The first-order valence-corrected chi connectivity index (χ1v) is 12.8. The van der Waals surface area contributed by atoms with Crippen LogP contribution in [0.3, 0.4) is 0 Å². The molecule has 4 bridgehead atoms. The first kappa shape index (κ1) is 24.5. The van der Waals surface area contributed by atoms with E-state index in [1.54, 1.807) is 0 Å². The van der Waals surface area contributed by atoms with Crippen molar-refractivity contribution in [2.45, 2.75) is 89.1 Å². The van der Waals surface area contributed by atoms with Crippen LogP contribution >= 0.6 is 0 Å². The smallest absolute Gasteiger partial charge is 0.119 e. The Hall–Kier alpha value is -2.14. The van der Waals surface area contributed by atoms with Crippen molar-refractivity contribution in [1.82, 2.24) is 9.80 Å². The molecule has 0 N–H and O–H groups in total. The average Bonchev–Trinajstić information content (AvgIpc) is 2.82. The molecule has 4 nitrogen and oxygen atoms in total. The molecule has 0 saturated heterocycles. The number of allylic oxidation sites excluding steroid dienone is 4. The number of fused-ring (bicyclic) bond motifs is 4.